The molecule has 0 unspecified atom stereocenters. The zero-order valence-corrected chi connectivity index (χ0v) is 18.9. The normalized spacial score (nSPS) is 21.1. The van der Waals surface area contributed by atoms with Crippen LogP contribution < -0.4 is 0 Å². The summed E-state index contributed by atoms with van der Waals surface area (Å²) in [6.07, 6.45) is 5.59. The first-order chi connectivity index (χ1) is 12.1. The van der Waals surface area contributed by atoms with Crippen LogP contribution in [0.4, 0.5) is 0 Å². The summed E-state index contributed by atoms with van der Waals surface area (Å²) < 4.78 is 9.41. The molecule has 154 valence electrons. The van der Waals surface area contributed by atoms with Crippen molar-refractivity contribution in [1.82, 2.24) is 0 Å². The molecule has 7 heteroatoms. The molecule has 0 bridgehead atoms. The second-order valence-corrected chi connectivity index (χ2v) is 7.50. The van der Waals surface area contributed by atoms with E-state index in [1.54, 1.807) is 6.92 Å². The summed E-state index contributed by atoms with van der Waals surface area (Å²) in [5.74, 6) is -0.491. The van der Waals surface area contributed by atoms with E-state index in [4.69, 9.17) is 14.9 Å². The molecule has 0 aromatic rings. The van der Waals surface area contributed by atoms with E-state index in [0.717, 1.165) is 12.8 Å². The molecule has 0 heterocycles. The molecule has 3 aliphatic rings. The number of esters is 2. The standard InChI is InChI=1S/C7H12O2.C6H10O3.C5H10O.CH3I/c1-3-9-6(8)7(2)4-5-7;1-2-9-5(7)6(8)3-4-6;1-5(4-6)2-3-5;1-2/h3-5H2,1-2H3;8H,2-4H2,1H3;6H,2-4H2,1H3;1H3. The first-order valence-corrected chi connectivity index (χ1v) is 11.4. The molecule has 0 aliphatic heterocycles. The Morgan fingerprint density at radius 3 is 1.54 bits per heavy atom. The van der Waals surface area contributed by atoms with Crippen LogP contribution in [-0.4, -0.2) is 52.5 Å². The molecule has 3 aliphatic carbocycles. The first-order valence-electron chi connectivity index (χ1n) is 9.20. The number of ether oxygens (including phenoxy) is 2. The minimum atomic E-state index is -1.10. The smallest absolute Gasteiger partial charge is 0.338 e. The van der Waals surface area contributed by atoms with Crippen molar-refractivity contribution in [2.24, 2.45) is 10.8 Å². The van der Waals surface area contributed by atoms with Crippen molar-refractivity contribution in [3.63, 3.8) is 0 Å². The Kier molecular flexibility index (Phi) is 11.3. The largest absolute Gasteiger partial charge is 0.466 e. The fraction of sp³-hybridized carbons (Fsp3) is 0.895. The molecule has 0 aromatic carbocycles. The Morgan fingerprint density at radius 1 is 0.885 bits per heavy atom. The minimum absolute atomic E-state index is 0.0231. The Morgan fingerprint density at radius 2 is 1.31 bits per heavy atom. The van der Waals surface area contributed by atoms with Gasteiger partial charge in [0.25, 0.3) is 0 Å². The number of hydrogen-bond donors (Lipinski definition) is 2. The van der Waals surface area contributed by atoms with Crippen LogP contribution in [-0.2, 0) is 19.1 Å². The van der Waals surface area contributed by atoms with E-state index in [-0.39, 0.29) is 11.4 Å². The van der Waals surface area contributed by atoms with Crippen molar-refractivity contribution in [2.75, 3.05) is 24.8 Å². The number of rotatable bonds is 5. The van der Waals surface area contributed by atoms with Crippen LogP contribution >= 0.6 is 22.6 Å². The van der Waals surface area contributed by atoms with Gasteiger partial charge in [0.05, 0.1) is 18.6 Å². The lowest BCUT2D eigenvalue weighted by Gasteiger charge is -2.05. The topological polar surface area (TPSA) is 93.1 Å². The molecule has 6 nitrogen and oxygen atoms in total. The second kappa shape index (κ2) is 11.4. The highest BCUT2D eigenvalue weighted by Crippen LogP contribution is 2.46. The van der Waals surface area contributed by atoms with E-state index in [2.05, 4.69) is 34.3 Å². The van der Waals surface area contributed by atoms with Crippen LogP contribution in [0, 0.1) is 10.8 Å². The fourth-order valence-corrected chi connectivity index (χ4v) is 1.66. The van der Waals surface area contributed by atoms with E-state index in [1.807, 2.05) is 18.8 Å². The van der Waals surface area contributed by atoms with Gasteiger partial charge in [-0.25, -0.2) is 4.79 Å². The van der Waals surface area contributed by atoms with Crippen molar-refractivity contribution in [3.05, 3.63) is 0 Å². The summed E-state index contributed by atoms with van der Waals surface area (Å²) in [6.45, 7) is 8.86. The summed E-state index contributed by atoms with van der Waals surface area (Å²) in [5, 5.41) is 17.5. The van der Waals surface area contributed by atoms with E-state index in [0.29, 0.717) is 38.1 Å². The number of aliphatic hydroxyl groups is 2. The van der Waals surface area contributed by atoms with E-state index in [1.165, 1.54) is 12.8 Å². The third-order valence-corrected chi connectivity index (χ3v) is 4.63. The number of halogens is 1. The average Bonchev–Trinajstić information content (AvgIpc) is 3.53. The molecule has 0 amide bonds. The average molecular weight is 486 g/mol. The lowest BCUT2D eigenvalue weighted by molar-refractivity contribution is -0.155. The van der Waals surface area contributed by atoms with Crippen LogP contribution in [0.15, 0.2) is 0 Å². The van der Waals surface area contributed by atoms with E-state index < -0.39 is 11.6 Å². The van der Waals surface area contributed by atoms with Crippen molar-refractivity contribution in [1.29, 1.82) is 0 Å². The van der Waals surface area contributed by atoms with Gasteiger partial charge in [-0.05, 0) is 69.6 Å². The zero-order chi connectivity index (χ0) is 20.4. The minimum Gasteiger partial charge on any atom is -0.466 e. The number of carbonyl (C=O) groups is 2. The SMILES string of the molecule is CC1(CO)CC1.CCOC(=O)C1(C)CC1.CCOC(=O)C1(O)CC1.CI. The monoisotopic (exact) mass is 486 g/mol. The molecule has 3 rings (SSSR count). The fourth-order valence-electron chi connectivity index (χ4n) is 1.66. The quantitative estimate of drug-likeness (QED) is 0.352. The van der Waals surface area contributed by atoms with Gasteiger partial charge in [-0.2, -0.15) is 0 Å². The van der Waals surface area contributed by atoms with Gasteiger partial charge in [0.15, 0.2) is 5.60 Å². The molecule has 3 saturated carbocycles. The van der Waals surface area contributed by atoms with Gasteiger partial charge in [-0.1, -0.05) is 29.5 Å². The molecule has 26 heavy (non-hydrogen) atoms. The predicted molar refractivity (Wildman–Crippen MR) is 109 cm³/mol. The van der Waals surface area contributed by atoms with Crippen LogP contribution in [0.5, 0.6) is 0 Å². The van der Waals surface area contributed by atoms with Gasteiger partial charge in [0.1, 0.15) is 0 Å². The van der Waals surface area contributed by atoms with Gasteiger partial charge in [-0.15, -0.1) is 0 Å². The first kappa shape index (κ1) is 25.6. The highest BCUT2D eigenvalue weighted by Gasteiger charge is 2.49. The second-order valence-electron chi connectivity index (χ2n) is 7.50. The summed E-state index contributed by atoms with van der Waals surface area (Å²) in [4.78, 5) is 23.5. The Bertz CT molecular complexity index is 407. The third kappa shape index (κ3) is 9.50. The molecule has 0 aromatic heterocycles. The summed E-state index contributed by atoms with van der Waals surface area (Å²) in [7, 11) is 0. The number of alkyl halides is 1. The van der Waals surface area contributed by atoms with Crippen molar-refractivity contribution in [2.45, 2.75) is 71.8 Å². The van der Waals surface area contributed by atoms with E-state index in [9.17, 15) is 9.59 Å². The Balaban J connectivity index is 0.000000350. The maximum absolute atomic E-state index is 10.9. The third-order valence-electron chi connectivity index (χ3n) is 4.63. The highest BCUT2D eigenvalue weighted by molar-refractivity contribution is 14.1. The summed E-state index contributed by atoms with van der Waals surface area (Å²) in [6, 6.07) is 0. The van der Waals surface area contributed by atoms with E-state index >= 15 is 0 Å². The van der Waals surface area contributed by atoms with Crippen molar-refractivity contribution < 1.29 is 29.3 Å². The van der Waals surface area contributed by atoms with Crippen molar-refractivity contribution >= 4 is 34.5 Å². The van der Waals surface area contributed by atoms with Crippen molar-refractivity contribution in [3.8, 4) is 0 Å². The Hall–Kier alpha value is -0.410. The maximum atomic E-state index is 10.9. The summed E-state index contributed by atoms with van der Waals surface area (Å²) in [5.41, 5.74) is -0.855. The molecule has 2 N–H and O–H groups in total. The van der Waals surface area contributed by atoms with Gasteiger partial charge >= 0.3 is 11.9 Å². The predicted octanol–water partition coefficient (Wildman–Crippen LogP) is 3.25. The molecular weight excluding hydrogens is 451 g/mol. The molecule has 3 fully saturated rings. The van der Waals surface area contributed by atoms with Crippen LogP contribution in [0.25, 0.3) is 0 Å². The summed E-state index contributed by atoms with van der Waals surface area (Å²) >= 11 is 2.15. The van der Waals surface area contributed by atoms with Gasteiger partial charge < -0.3 is 19.7 Å². The molecule has 0 atom stereocenters. The number of hydrogen-bond acceptors (Lipinski definition) is 6. The van der Waals surface area contributed by atoms with Crippen LogP contribution in [0.2, 0.25) is 0 Å². The molecule has 0 radical (unpaired) electrons. The van der Waals surface area contributed by atoms with Crippen LogP contribution in [0.3, 0.4) is 0 Å². The maximum Gasteiger partial charge on any atom is 0.338 e. The lowest BCUT2D eigenvalue weighted by Crippen LogP contribution is -2.24. The highest BCUT2D eigenvalue weighted by atomic mass is 127. The molecule has 0 spiro atoms. The van der Waals surface area contributed by atoms with Gasteiger partial charge in [-0.3, -0.25) is 4.79 Å². The van der Waals surface area contributed by atoms with Crippen LogP contribution in [0.1, 0.15) is 66.2 Å². The van der Waals surface area contributed by atoms with Gasteiger partial charge in [0.2, 0.25) is 0 Å². The lowest BCUT2D eigenvalue weighted by atomic mass is 10.1. The molecular formula is C19H35IO6. The Labute approximate surface area is 171 Å². The number of aliphatic hydroxyl groups excluding tert-OH is 1. The molecule has 0 saturated heterocycles. The van der Waals surface area contributed by atoms with Gasteiger partial charge in [0, 0.05) is 6.61 Å². The zero-order valence-electron chi connectivity index (χ0n) is 16.8. The number of carbonyl (C=O) groups excluding carboxylic acids is 2.